The summed E-state index contributed by atoms with van der Waals surface area (Å²) in [5.74, 6) is -4.86. The van der Waals surface area contributed by atoms with Crippen molar-refractivity contribution < 1.29 is 31.8 Å². The van der Waals surface area contributed by atoms with E-state index in [0.29, 0.717) is 18.6 Å². The largest absolute Gasteiger partial charge is 0.477 e. The van der Waals surface area contributed by atoms with Crippen LogP contribution in [0.1, 0.15) is 23.7 Å². The Kier molecular flexibility index (Phi) is 5.76. The van der Waals surface area contributed by atoms with Gasteiger partial charge in [-0.3, -0.25) is 0 Å². The summed E-state index contributed by atoms with van der Waals surface area (Å²) in [6.45, 7) is 1.75. The predicted molar refractivity (Wildman–Crippen MR) is 69.6 cm³/mol. The van der Waals surface area contributed by atoms with Crippen LogP contribution >= 0.6 is 0 Å². The van der Waals surface area contributed by atoms with Gasteiger partial charge in [0.25, 0.3) is 0 Å². The maximum absolute atomic E-state index is 13.9. The van der Waals surface area contributed by atoms with Crippen LogP contribution in [0.25, 0.3) is 0 Å². The highest BCUT2D eigenvalue weighted by atomic mass is 32.2. The topological polar surface area (TPSA) is 92.7 Å². The minimum Gasteiger partial charge on any atom is -0.477 e. The summed E-state index contributed by atoms with van der Waals surface area (Å²) in [4.78, 5) is 9.87. The van der Waals surface area contributed by atoms with Crippen molar-refractivity contribution in [2.75, 3.05) is 13.7 Å². The van der Waals surface area contributed by atoms with Crippen LogP contribution in [-0.2, 0) is 14.8 Å². The molecule has 1 unspecified atom stereocenters. The van der Waals surface area contributed by atoms with Crippen LogP contribution in [0.3, 0.4) is 0 Å². The molecule has 1 rings (SSSR count). The van der Waals surface area contributed by atoms with Crippen LogP contribution in [0.4, 0.5) is 8.78 Å². The van der Waals surface area contributed by atoms with Crippen LogP contribution in [-0.4, -0.2) is 39.3 Å². The number of hydrogen-bond acceptors (Lipinski definition) is 4. The summed E-state index contributed by atoms with van der Waals surface area (Å²) in [5.41, 5.74) is -1.31. The molecule has 0 bridgehead atoms. The van der Waals surface area contributed by atoms with E-state index in [9.17, 15) is 22.0 Å². The van der Waals surface area contributed by atoms with Gasteiger partial charge in [-0.2, -0.15) is 0 Å². The summed E-state index contributed by atoms with van der Waals surface area (Å²) in [5, 5.41) is 8.73. The van der Waals surface area contributed by atoms with E-state index in [1.165, 1.54) is 7.11 Å². The smallest absolute Gasteiger partial charge is 0.341 e. The fraction of sp³-hybridized carbons (Fsp3) is 0.417. The Morgan fingerprint density at radius 2 is 2.05 bits per heavy atom. The lowest BCUT2D eigenvalue weighted by Crippen LogP contribution is -2.38. The Bertz CT molecular complexity index is 633. The number of sulfonamides is 1. The van der Waals surface area contributed by atoms with Gasteiger partial charge in [0.15, 0.2) is 5.82 Å². The normalized spacial score (nSPS) is 13.1. The molecule has 2 N–H and O–H groups in total. The number of rotatable bonds is 7. The molecule has 0 heterocycles. The molecule has 0 aliphatic rings. The number of halogens is 2. The number of ether oxygens (including phenoxy) is 1. The molecule has 6 nitrogen and oxygen atoms in total. The van der Waals surface area contributed by atoms with E-state index in [1.54, 1.807) is 6.92 Å². The molecule has 0 aliphatic carbocycles. The molecule has 0 saturated heterocycles. The Balaban J connectivity index is 3.26. The highest BCUT2D eigenvalue weighted by Gasteiger charge is 2.28. The molecule has 0 radical (unpaired) electrons. The minimum atomic E-state index is -4.33. The number of hydrogen-bond donors (Lipinski definition) is 2. The fourth-order valence-electron chi connectivity index (χ4n) is 1.66. The number of methoxy groups -OCH3 is 1. The zero-order chi connectivity index (χ0) is 16.2. The third kappa shape index (κ3) is 3.96. The van der Waals surface area contributed by atoms with Crippen LogP contribution < -0.4 is 4.72 Å². The van der Waals surface area contributed by atoms with E-state index in [-0.39, 0.29) is 6.61 Å². The van der Waals surface area contributed by atoms with Crippen LogP contribution in [0.5, 0.6) is 0 Å². The van der Waals surface area contributed by atoms with Gasteiger partial charge in [-0.15, -0.1) is 0 Å². The third-order valence-electron chi connectivity index (χ3n) is 2.74. The minimum absolute atomic E-state index is 0.0599. The molecule has 0 aromatic heterocycles. The van der Waals surface area contributed by atoms with E-state index >= 15 is 0 Å². The summed E-state index contributed by atoms with van der Waals surface area (Å²) in [7, 11) is -2.96. The van der Waals surface area contributed by atoms with Crippen LogP contribution in [0, 0.1) is 11.6 Å². The van der Waals surface area contributed by atoms with E-state index < -0.39 is 44.1 Å². The van der Waals surface area contributed by atoms with Crippen molar-refractivity contribution in [2.45, 2.75) is 24.3 Å². The molecule has 1 atom stereocenters. The van der Waals surface area contributed by atoms with Crippen molar-refractivity contribution in [3.8, 4) is 0 Å². The zero-order valence-electron chi connectivity index (χ0n) is 11.4. The average molecular weight is 323 g/mol. The van der Waals surface area contributed by atoms with Crippen LogP contribution in [0.15, 0.2) is 17.0 Å². The molecule has 0 spiro atoms. The quantitative estimate of drug-likeness (QED) is 0.790. The Morgan fingerprint density at radius 1 is 1.43 bits per heavy atom. The lowest BCUT2D eigenvalue weighted by molar-refractivity contribution is 0.0685. The van der Waals surface area contributed by atoms with Gasteiger partial charge in [0.2, 0.25) is 10.0 Å². The standard InChI is InChI=1S/C12H15F2NO5S/c1-3-7(6-20-2)15-21(18,19)9-5-4-8(13)10(11(9)14)12(16)17/h4-5,7,15H,3,6H2,1-2H3,(H,16,17). The molecule has 0 aliphatic heterocycles. The Morgan fingerprint density at radius 3 is 2.52 bits per heavy atom. The lowest BCUT2D eigenvalue weighted by Gasteiger charge is -2.16. The summed E-state index contributed by atoms with van der Waals surface area (Å²) < 4.78 is 58.3. The SMILES string of the molecule is CCC(COC)NS(=O)(=O)c1ccc(F)c(C(=O)O)c1F. The zero-order valence-corrected chi connectivity index (χ0v) is 12.2. The number of aromatic carboxylic acids is 1. The average Bonchev–Trinajstić information content (AvgIpc) is 2.37. The van der Waals surface area contributed by atoms with Gasteiger partial charge in [-0.25, -0.2) is 26.7 Å². The first-order valence-corrected chi connectivity index (χ1v) is 7.45. The number of carbonyl (C=O) groups is 1. The second kappa shape index (κ2) is 6.92. The molecule has 0 saturated carbocycles. The first-order valence-electron chi connectivity index (χ1n) is 5.97. The van der Waals surface area contributed by atoms with E-state index in [2.05, 4.69) is 4.72 Å². The van der Waals surface area contributed by atoms with Crippen molar-refractivity contribution in [3.63, 3.8) is 0 Å². The van der Waals surface area contributed by atoms with Crippen LogP contribution in [0.2, 0.25) is 0 Å². The first kappa shape index (κ1) is 17.5. The second-order valence-electron chi connectivity index (χ2n) is 4.22. The molecule has 0 amide bonds. The van der Waals surface area contributed by atoms with Crippen molar-refractivity contribution in [2.24, 2.45) is 0 Å². The van der Waals surface area contributed by atoms with Crippen molar-refractivity contribution >= 4 is 16.0 Å². The Labute approximate surface area is 120 Å². The molecule has 21 heavy (non-hydrogen) atoms. The second-order valence-corrected chi connectivity index (χ2v) is 5.90. The van der Waals surface area contributed by atoms with Crippen molar-refractivity contribution in [3.05, 3.63) is 29.3 Å². The molecule has 9 heteroatoms. The number of nitrogens with one attached hydrogen (secondary N) is 1. The van der Waals surface area contributed by atoms with Gasteiger partial charge >= 0.3 is 5.97 Å². The van der Waals surface area contributed by atoms with E-state index in [1.807, 2.05) is 0 Å². The summed E-state index contributed by atoms with van der Waals surface area (Å²) in [6, 6.07) is 0.662. The highest BCUT2D eigenvalue weighted by Crippen LogP contribution is 2.21. The molecule has 1 aromatic carbocycles. The van der Waals surface area contributed by atoms with Gasteiger partial charge < -0.3 is 9.84 Å². The molecule has 1 aromatic rings. The van der Waals surface area contributed by atoms with Gasteiger partial charge in [0.1, 0.15) is 16.3 Å². The molecular weight excluding hydrogens is 308 g/mol. The maximum atomic E-state index is 13.9. The molecule has 0 fully saturated rings. The monoisotopic (exact) mass is 323 g/mol. The highest BCUT2D eigenvalue weighted by molar-refractivity contribution is 7.89. The van der Waals surface area contributed by atoms with E-state index in [0.717, 1.165) is 0 Å². The van der Waals surface area contributed by atoms with Gasteiger partial charge in [-0.1, -0.05) is 6.92 Å². The number of benzene rings is 1. The van der Waals surface area contributed by atoms with E-state index in [4.69, 9.17) is 9.84 Å². The summed E-state index contributed by atoms with van der Waals surface area (Å²) >= 11 is 0. The first-order chi connectivity index (χ1) is 9.74. The van der Waals surface area contributed by atoms with Gasteiger partial charge in [0.05, 0.1) is 6.61 Å². The Hall–Kier alpha value is -1.58. The molecule has 118 valence electrons. The predicted octanol–water partition coefficient (Wildman–Crippen LogP) is 1.37. The van der Waals surface area contributed by atoms with Crippen molar-refractivity contribution in [1.82, 2.24) is 4.72 Å². The van der Waals surface area contributed by atoms with Gasteiger partial charge in [-0.05, 0) is 18.6 Å². The van der Waals surface area contributed by atoms with Gasteiger partial charge in [0, 0.05) is 13.2 Å². The maximum Gasteiger partial charge on any atom is 0.341 e. The fourth-order valence-corrected chi connectivity index (χ4v) is 3.04. The third-order valence-corrected chi connectivity index (χ3v) is 4.28. The lowest BCUT2D eigenvalue weighted by atomic mass is 10.2. The molecular formula is C12H15F2NO5S. The number of carboxylic acids is 1. The van der Waals surface area contributed by atoms with Crippen molar-refractivity contribution in [1.29, 1.82) is 0 Å². The number of carboxylic acid groups (broad SMARTS) is 1. The summed E-state index contributed by atoms with van der Waals surface area (Å²) in [6.07, 6.45) is 0.377.